The molecule has 0 radical (unpaired) electrons. The highest BCUT2D eigenvalue weighted by molar-refractivity contribution is 6.17. The molecule has 1 rings (SSSR count). The van der Waals surface area contributed by atoms with E-state index in [1.54, 1.807) is 0 Å². The van der Waals surface area contributed by atoms with E-state index in [4.69, 9.17) is 21.1 Å². The van der Waals surface area contributed by atoms with Gasteiger partial charge in [0, 0.05) is 38.9 Å². The van der Waals surface area contributed by atoms with Crippen LogP contribution in [0.25, 0.3) is 0 Å². The van der Waals surface area contributed by atoms with Crippen molar-refractivity contribution >= 4 is 17.4 Å². The van der Waals surface area contributed by atoms with E-state index in [2.05, 4.69) is 10.00 Å². The molecule has 1 heterocycles. The average molecular weight is 304 g/mol. The summed E-state index contributed by atoms with van der Waals surface area (Å²) in [4.78, 5) is 2.24. The van der Waals surface area contributed by atoms with Gasteiger partial charge in [-0.25, -0.2) is 0 Å². The van der Waals surface area contributed by atoms with Crippen LogP contribution in [-0.4, -0.2) is 49.3 Å². The van der Waals surface area contributed by atoms with Crippen molar-refractivity contribution in [1.82, 2.24) is 9.78 Å². The van der Waals surface area contributed by atoms with Crippen LogP contribution >= 0.6 is 11.6 Å². The first-order chi connectivity index (χ1) is 9.65. The molecule has 0 fully saturated rings. The quantitative estimate of drug-likeness (QED) is 0.491. The number of halogens is 1. The first-order valence-electron chi connectivity index (χ1n) is 7.14. The van der Waals surface area contributed by atoms with Gasteiger partial charge in [-0.05, 0) is 20.8 Å². The van der Waals surface area contributed by atoms with Crippen LogP contribution in [0.4, 0.5) is 5.82 Å². The van der Waals surface area contributed by atoms with Crippen molar-refractivity contribution in [3.63, 3.8) is 0 Å². The zero-order valence-electron chi connectivity index (χ0n) is 13.0. The second-order valence-electron chi connectivity index (χ2n) is 4.53. The number of anilines is 1. The molecular weight excluding hydrogens is 278 g/mol. The van der Waals surface area contributed by atoms with Crippen molar-refractivity contribution in [3.05, 3.63) is 11.3 Å². The van der Waals surface area contributed by atoms with Crippen molar-refractivity contribution in [1.29, 1.82) is 0 Å². The summed E-state index contributed by atoms with van der Waals surface area (Å²) in [5.41, 5.74) is 2.07. The highest BCUT2D eigenvalue weighted by Gasteiger charge is 2.18. The summed E-state index contributed by atoms with van der Waals surface area (Å²) < 4.78 is 12.8. The normalized spacial score (nSPS) is 11.1. The minimum atomic E-state index is 0.467. The van der Waals surface area contributed by atoms with Gasteiger partial charge in [-0.2, -0.15) is 5.10 Å². The molecule has 20 heavy (non-hydrogen) atoms. The molecule has 0 aliphatic heterocycles. The summed E-state index contributed by atoms with van der Waals surface area (Å²) in [6.45, 7) is 10.4. The third kappa shape index (κ3) is 4.65. The van der Waals surface area contributed by atoms with Crippen molar-refractivity contribution in [3.8, 4) is 0 Å². The maximum absolute atomic E-state index is 6.07. The molecule has 0 aliphatic carbocycles. The van der Waals surface area contributed by atoms with E-state index in [9.17, 15) is 0 Å². The smallest absolute Gasteiger partial charge is 0.131 e. The van der Waals surface area contributed by atoms with Crippen LogP contribution in [0.1, 0.15) is 25.1 Å². The Morgan fingerprint density at radius 1 is 1.15 bits per heavy atom. The molecule has 0 bridgehead atoms. The topological polar surface area (TPSA) is 39.5 Å². The van der Waals surface area contributed by atoms with Gasteiger partial charge in [0.15, 0.2) is 0 Å². The van der Waals surface area contributed by atoms with E-state index in [1.807, 2.05) is 32.5 Å². The molecule has 0 aliphatic rings. The molecule has 0 saturated carbocycles. The lowest BCUT2D eigenvalue weighted by Crippen LogP contribution is -2.33. The lowest BCUT2D eigenvalue weighted by atomic mass is 10.2. The van der Waals surface area contributed by atoms with Crippen LogP contribution in [0.2, 0.25) is 0 Å². The molecule has 0 saturated heterocycles. The lowest BCUT2D eigenvalue weighted by Gasteiger charge is -2.25. The number of rotatable bonds is 10. The highest BCUT2D eigenvalue weighted by atomic mass is 35.5. The number of ether oxygens (including phenoxy) is 2. The molecule has 0 N–H and O–H groups in total. The largest absolute Gasteiger partial charge is 0.380 e. The van der Waals surface area contributed by atoms with Crippen molar-refractivity contribution < 1.29 is 9.47 Å². The van der Waals surface area contributed by atoms with Gasteiger partial charge in [-0.15, -0.1) is 11.6 Å². The number of aromatic nitrogens is 2. The molecule has 0 amide bonds. The third-order valence-electron chi connectivity index (χ3n) is 3.17. The first-order valence-corrected chi connectivity index (χ1v) is 7.67. The molecule has 5 nitrogen and oxygen atoms in total. The Kier molecular flexibility index (Phi) is 7.95. The number of aryl methyl sites for hydroxylation is 2. The molecule has 0 unspecified atom stereocenters. The Morgan fingerprint density at radius 3 is 2.15 bits per heavy atom. The van der Waals surface area contributed by atoms with Crippen LogP contribution in [0.15, 0.2) is 0 Å². The van der Waals surface area contributed by atoms with Crippen LogP contribution in [0.3, 0.4) is 0 Å². The molecule has 0 spiro atoms. The summed E-state index contributed by atoms with van der Waals surface area (Å²) in [6, 6.07) is 0. The summed E-state index contributed by atoms with van der Waals surface area (Å²) >= 11 is 6.07. The predicted octanol–water partition coefficient (Wildman–Crippen LogP) is 2.35. The predicted molar refractivity (Wildman–Crippen MR) is 82.7 cm³/mol. The van der Waals surface area contributed by atoms with Gasteiger partial charge in [0.2, 0.25) is 0 Å². The monoisotopic (exact) mass is 303 g/mol. The molecule has 0 atom stereocenters. The number of nitrogens with zero attached hydrogens (tertiary/aromatic N) is 3. The summed E-state index contributed by atoms with van der Waals surface area (Å²) in [5, 5.41) is 4.47. The standard InChI is InChI=1S/C14H26ClN3O2/c1-5-19-9-7-18(8-10-20-6-2)14-13(11-15)12(3)16-17(14)4/h5-11H2,1-4H3. The van der Waals surface area contributed by atoms with E-state index < -0.39 is 0 Å². The molecule has 6 heteroatoms. The third-order valence-corrected chi connectivity index (χ3v) is 3.43. The lowest BCUT2D eigenvalue weighted by molar-refractivity contribution is 0.141. The van der Waals surface area contributed by atoms with Gasteiger partial charge in [0.05, 0.1) is 24.8 Å². The Balaban J connectivity index is 2.84. The minimum absolute atomic E-state index is 0.467. The van der Waals surface area contributed by atoms with E-state index >= 15 is 0 Å². The fourth-order valence-corrected chi connectivity index (χ4v) is 2.52. The van der Waals surface area contributed by atoms with E-state index in [1.165, 1.54) is 0 Å². The molecule has 116 valence electrons. The van der Waals surface area contributed by atoms with Gasteiger partial charge >= 0.3 is 0 Å². The van der Waals surface area contributed by atoms with Crippen LogP contribution in [0, 0.1) is 6.92 Å². The Hall–Kier alpha value is -0.780. The van der Waals surface area contributed by atoms with Crippen LogP contribution in [0.5, 0.6) is 0 Å². The maximum Gasteiger partial charge on any atom is 0.131 e. The fourth-order valence-electron chi connectivity index (χ4n) is 2.20. The van der Waals surface area contributed by atoms with Crippen LogP contribution < -0.4 is 4.90 Å². The minimum Gasteiger partial charge on any atom is -0.380 e. The molecular formula is C14H26ClN3O2. The van der Waals surface area contributed by atoms with E-state index in [-0.39, 0.29) is 0 Å². The highest BCUT2D eigenvalue weighted by Crippen LogP contribution is 2.24. The second-order valence-corrected chi connectivity index (χ2v) is 4.79. The van der Waals surface area contributed by atoms with Gasteiger partial charge in [-0.3, -0.25) is 4.68 Å². The van der Waals surface area contributed by atoms with Gasteiger partial charge < -0.3 is 14.4 Å². The van der Waals surface area contributed by atoms with Crippen molar-refractivity contribution in [2.75, 3.05) is 44.4 Å². The zero-order chi connectivity index (χ0) is 15.0. The summed E-state index contributed by atoms with van der Waals surface area (Å²) in [7, 11) is 1.95. The fraction of sp³-hybridized carbons (Fsp3) is 0.786. The number of alkyl halides is 1. The summed E-state index contributed by atoms with van der Waals surface area (Å²) in [5.74, 6) is 1.53. The van der Waals surface area contributed by atoms with Crippen molar-refractivity contribution in [2.24, 2.45) is 7.05 Å². The van der Waals surface area contributed by atoms with Crippen LogP contribution in [-0.2, 0) is 22.4 Å². The number of hydrogen-bond donors (Lipinski definition) is 0. The second kappa shape index (κ2) is 9.21. The van der Waals surface area contributed by atoms with Gasteiger partial charge in [0.25, 0.3) is 0 Å². The summed E-state index contributed by atoms with van der Waals surface area (Å²) in [6.07, 6.45) is 0. The average Bonchev–Trinajstić information content (AvgIpc) is 2.71. The SMILES string of the molecule is CCOCCN(CCOCC)c1c(CCl)c(C)nn1C. The maximum atomic E-state index is 6.07. The van der Waals surface area contributed by atoms with E-state index in [0.29, 0.717) is 19.1 Å². The van der Waals surface area contributed by atoms with E-state index in [0.717, 1.165) is 43.4 Å². The molecule has 1 aromatic heterocycles. The number of hydrogen-bond acceptors (Lipinski definition) is 4. The first kappa shape index (κ1) is 17.3. The zero-order valence-corrected chi connectivity index (χ0v) is 13.7. The van der Waals surface area contributed by atoms with Gasteiger partial charge in [-0.1, -0.05) is 0 Å². The Labute approximate surface area is 126 Å². The Bertz CT molecular complexity index is 386. The Morgan fingerprint density at radius 2 is 1.70 bits per heavy atom. The molecule has 1 aromatic rings. The van der Waals surface area contributed by atoms with Crippen molar-refractivity contribution in [2.45, 2.75) is 26.7 Å². The molecule has 0 aromatic carbocycles. The van der Waals surface area contributed by atoms with Gasteiger partial charge in [0.1, 0.15) is 5.82 Å².